The quantitative estimate of drug-likeness (QED) is 0.829. The Morgan fingerprint density at radius 3 is 2.89 bits per heavy atom. The summed E-state index contributed by atoms with van der Waals surface area (Å²) in [6, 6.07) is 3.86. The van der Waals surface area contributed by atoms with Gasteiger partial charge in [-0.25, -0.2) is 13.8 Å². The Labute approximate surface area is 107 Å². The van der Waals surface area contributed by atoms with E-state index in [1.165, 1.54) is 17.4 Å². The van der Waals surface area contributed by atoms with Crippen molar-refractivity contribution in [3.63, 3.8) is 0 Å². The van der Waals surface area contributed by atoms with Gasteiger partial charge < -0.3 is 4.74 Å². The largest absolute Gasteiger partial charge is 0.381 e. The van der Waals surface area contributed by atoms with E-state index >= 15 is 0 Å². The average molecular weight is 267 g/mol. The van der Waals surface area contributed by atoms with E-state index in [4.69, 9.17) is 4.74 Å². The summed E-state index contributed by atoms with van der Waals surface area (Å²) in [5.41, 5.74) is 1.60. The van der Waals surface area contributed by atoms with Crippen molar-refractivity contribution in [3.05, 3.63) is 40.9 Å². The summed E-state index contributed by atoms with van der Waals surface area (Å²) in [7, 11) is 0. The van der Waals surface area contributed by atoms with Crippen molar-refractivity contribution in [2.75, 3.05) is 13.2 Å². The van der Waals surface area contributed by atoms with Gasteiger partial charge in [0.05, 0.1) is 12.3 Å². The minimum Gasteiger partial charge on any atom is -0.381 e. The molecule has 0 bridgehead atoms. The Balaban J connectivity index is 1.89. The van der Waals surface area contributed by atoms with Crippen LogP contribution in [-0.4, -0.2) is 18.2 Å². The van der Waals surface area contributed by atoms with Gasteiger partial charge in [0.1, 0.15) is 5.01 Å². The van der Waals surface area contributed by atoms with E-state index in [0.717, 1.165) is 29.8 Å². The molecule has 2 nitrogen and oxygen atoms in total. The van der Waals surface area contributed by atoms with Gasteiger partial charge in [0.25, 0.3) is 0 Å². The number of hydrogen-bond acceptors (Lipinski definition) is 3. The van der Waals surface area contributed by atoms with E-state index in [1.54, 1.807) is 6.07 Å². The van der Waals surface area contributed by atoms with Crippen LogP contribution in [-0.2, 0) is 4.74 Å². The fraction of sp³-hybridized carbons (Fsp3) is 0.308. The number of rotatable bonds is 2. The zero-order valence-electron chi connectivity index (χ0n) is 9.53. The molecule has 1 saturated heterocycles. The van der Waals surface area contributed by atoms with Crippen LogP contribution in [0.15, 0.2) is 23.6 Å². The lowest BCUT2D eigenvalue weighted by molar-refractivity contribution is 0.193. The lowest BCUT2D eigenvalue weighted by Crippen LogP contribution is -1.97. The second-order valence-electron chi connectivity index (χ2n) is 4.27. The van der Waals surface area contributed by atoms with Gasteiger partial charge in [0.15, 0.2) is 11.6 Å². The van der Waals surface area contributed by atoms with Crippen LogP contribution in [0.25, 0.3) is 10.6 Å². The molecule has 1 aliphatic heterocycles. The van der Waals surface area contributed by atoms with Crippen LogP contribution >= 0.6 is 11.3 Å². The fourth-order valence-electron chi connectivity index (χ4n) is 2.00. The van der Waals surface area contributed by atoms with Crippen molar-refractivity contribution in [2.45, 2.75) is 12.3 Å². The van der Waals surface area contributed by atoms with E-state index in [2.05, 4.69) is 4.98 Å². The molecule has 5 heteroatoms. The molecule has 1 aliphatic rings. The monoisotopic (exact) mass is 267 g/mol. The summed E-state index contributed by atoms with van der Waals surface area (Å²) in [5, 5.41) is 2.69. The first kappa shape index (κ1) is 11.7. The van der Waals surface area contributed by atoms with Gasteiger partial charge in [-0.2, -0.15) is 0 Å². The van der Waals surface area contributed by atoms with Gasteiger partial charge in [-0.15, -0.1) is 11.3 Å². The highest BCUT2D eigenvalue weighted by Gasteiger charge is 2.20. The van der Waals surface area contributed by atoms with Crippen LogP contribution in [0.3, 0.4) is 0 Å². The van der Waals surface area contributed by atoms with Gasteiger partial charge in [-0.05, 0) is 24.6 Å². The summed E-state index contributed by atoms with van der Waals surface area (Å²) in [6.07, 6.45) is 0.973. The molecule has 0 spiro atoms. The van der Waals surface area contributed by atoms with Crippen LogP contribution < -0.4 is 0 Å². The lowest BCUT2D eigenvalue weighted by Gasteiger charge is -2.02. The number of hydrogen-bond donors (Lipinski definition) is 0. The summed E-state index contributed by atoms with van der Waals surface area (Å²) >= 11 is 1.45. The maximum atomic E-state index is 13.2. The number of aromatic nitrogens is 1. The number of halogens is 2. The van der Waals surface area contributed by atoms with Crippen LogP contribution in [0.5, 0.6) is 0 Å². The van der Waals surface area contributed by atoms with Gasteiger partial charge in [-0.3, -0.25) is 0 Å². The predicted octanol–water partition coefficient (Wildman–Crippen LogP) is 3.59. The van der Waals surface area contributed by atoms with Crippen molar-refractivity contribution >= 4 is 11.3 Å². The minimum atomic E-state index is -0.839. The molecule has 1 aromatic heterocycles. The fourth-order valence-corrected chi connectivity index (χ4v) is 2.90. The normalized spacial score (nSPS) is 19.3. The molecule has 0 saturated carbocycles. The second kappa shape index (κ2) is 4.74. The third-order valence-electron chi connectivity index (χ3n) is 3.04. The highest BCUT2D eigenvalue weighted by atomic mass is 32.1. The van der Waals surface area contributed by atoms with Crippen molar-refractivity contribution in [3.8, 4) is 10.6 Å². The molecule has 0 amide bonds. The Kier molecular flexibility index (Phi) is 3.09. The molecule has 1 atom stereocenters. The summed E-state index contributed by atoms with van der Waals surface area (Å²) in [4.78, 5) is 4.48. The molecular weight excluding hydrogens is 256 g/mol. The molecule has 0 radical (unpaired) electrons. The zero-order valence-corrected chi connectivity index (χ0v) is 10.3. The average Bonchev–Trinajstić information content (AvgIpc) is 3.01. The molecule has 2 heterocycles. The van der Waals surface area contributed by atoms with Gasteiger partial charge in [0.2, 0.25) is 0 Å². The Morgan fingerprint density at radius 1 is 1.28 bits per heavy atom. The van der Waals surface area contributed by atoms with Crippen LogP contribution in [0.4, 0.5) is 8.78 Å². The molecule has 18 heavy (non-hydrogen) atoms. The Bertz CT molecular complexity index is 564. The van der Waals surface area contributed by atoms with Crippen molar-refractivity contribution in [2.24, 2.45) is 0 Å². The van der Waals surface area contributed by atoms with Crippen LogP contribution in [0.1, 0.15) is 18.0 Å². The minimum absolute atomic E-state index is 0.334. The molecule has 2 aromatic rings. The molecule has 1 fully saturated rings. The van der Waals surface area contributed by atoms with Crippen molar-refractivity contribution in [1.82, 2.24) is 4.98 Å². The molecule has 94 valence electrons. The smallest absolute Gasteiger partial charge is 0.159 e. The Hall–Kier alpha value is -1.33. The third-order valence-corrected chi connectivity index (χ3v) is 3.95. The van der Waals surface area contributed by atoms with E-state index in [9.17, 15) is 8.78 Å². The first-order valence-electron chi connectivity index (χ1n) is 5.72. The highest BCUT2D eigenvalue weighted by molar-refractivity contribution is 7.13. The SMILES string of the molecule is Fc1ccc(-c2nc([C@@H]3CCOC3)cs2)cc1F. The predicted molar refractivity (Wildman–Crippen MR) is 65.6 cm³/mol. The van der Waals surface area contributed by atoms with Crippen molar-refractivity contribution in [1.29, 1.82) is 0 Å². The van der Waals surface area contributed by atoms with Crippen molar-refractivity contribution < 1.29 is 13.5 Å². The zero-order chi connectivity index (χ0) is 12.5. The topological polar surface area (TPSA) is 22.1 Å². The summed E-state index contributed by atoms with van der Waals surface area (Å²) in [6.45, 7) is 1.46. The summed E-state index contributed by atoms with van der Waals surface area (Å²) < 4.78 is 31.3. The van der Waals surface area contributed by atoms with Crippen LogP contribution in [0.2, 0.25) is 0 Å². The highest BCUT2D eigenvalue weighted by Crippen LogP contribution is 2.31. The number of nitrogens with zero attached hydrogens (tertiary/aromatic N) is 1. The van der Waals surface area contributed by atoms with Gasteiger partial charge in [-0.1, -0.05) is 0 Å². The standard InChI is InChI=1S/C13H11F2NOS/c14-10-2-1-8(5-11(10)15)13-16-12(7-18-13)9-3-4-17-6-9/h1-2,5,7,9H,3-4,6H2/t9-/m1/s1. The second-order valence-corrected chi connectivity index (χ2v) is 5.13. The van der Waals surface area contributed by atoms with E-state index in [0.29, 0.717) is 18.1 Å². The molecule has 0 unspecified atom stereocenters. The molecule has 3 rings (SSSR count). The Morgan fingerprint density at radius 2 is 2.17 bits per heavy atom. The lowest BCUT2D eigenvalue weighted by atomic mass is 10.1. The number of ether oxygens (including phenoxy) is 1. The van der Waals surface area contributed by atoms with Gasteiger partial charge >= 0.3 is 0 Å². The molecule has 1 aromatic carbocycles. The maximum Gasteiger partial charge on any atom is 0.159 e. The van der Waals surface area contributed by atoms with Crippen LogP contribution in [0, 0.1) is 11.6 Å². The number of thiazole rings is 1. The molecule has 0 aliphatic carbocycles. The summed E-state index contributed by atoms with van der Waals surface area (Å²) in [5.74, 6) is -1.34. The molecular formula is C13H11F2NOS. The number of benzene rings is 1. The van der Waals surface area contributed by atoms with Gasteiger partial charge in [0, 0.05) is 23.5 Å². The first-order valence-corrected chi connectivity index (χ1v) is 6.60. The molecule has 0 N–H and O–H groups in total. The third kappa shape index (κ3) is 2.15. The maximum absolute atomic E-state index is 13.2. The first-order chi connectivity index (χ1) is 8.74. The van der Waals surface area contributed by atoms with E-state index in [-0.39, 0.29) is 0 Å². The van der Waals surface area contributed by atoms with E-state index < -0.39 is 11.6 Å². The van der Waals surface area contributed by atoms with E-state index in [1.807, 2.05) is 5.38 Å².